The third-order valence-electron chi connectivity index (χ3n) is 3.64. The third-order valence-corrected chi connectivity index (χ3v) is 3.64. The molecular formula is C18H12F4N4O2. The van der Waals surface area contributed by atoms with E-state index in [4.69, 9.17) is 0 Å². The molecule has 0 radical (unpaired) electrons. The summed E-state index contributed by atoms with van der Waals surface area (Å²) in [4.78, 5) is 24.8. The van der Waals surface area contributed by atoms with E-state index in [1.165, 1.54) is 17.9 Å². The zero-order chi connectivity index (χ0) is 20.4. The Labute approximate surface area is 155 Å². The average Bonchev–Trinajstić information content (AvgIpc) is 3.03. The van der Waals surface area contributed by atoms with Gasteiger partial charge >= 0.3 is 0 Å². The molecule has 2 N–H and O–H groups in total. The molecule has 0 aliphatic heterocycles. The van der Waals surface area contributed by atoms with Gasteiger partial charge in [0, 0.05) is 36.8 Å². The molecule has 3 rings (SSSR count). The van der Waals surface area contributed by atoms with E-state index in [2.05, 4.69) is 15.7 Å². The van der Waals surface area contributed by atoms with Crippen molar-refractivity contribution in [2.75, 3.05) is 10.6 Å². The topological polar surface area (TPSA) is 76.0 Å². The van der Waals surface area contributed by atoms with Crippen molar-refractivity contribution >= 4 is 23.2 Å². The first-order chi connectivity index (χ1) is 13.2. The highest BCUT2D eigenvalue weighted by molar-refractivity contribution is 6.14. The van der Waals surface area contributed by atoms with Crippen LogP contribution < -0.4 is 10.6 Å². The maximum absolute atomic E-state index is 13.3. The van der Waals surface area contributed by atoms with Gasteiger partial charge in [-0.05, 0) is 24.3 Å². The Balaban J connectivity index is 1.83. The highest BCUT2D eigenvalue weighted by Crippen LogP contribution is 2.18. The summed E-state index contributed by atoms with van der Waals surface area (Å²) in [5.74, 6) is -6.11. The molecule has 2 aromatic carbocycles. The van der Waals surface area contributed by atoms with Crippen LogP contribution >= 0.6 is 0 Å². The smallest absolute Gasteiger partial charge is 0.276 e. The van der Waals surface area contributed by atoms with E-state index in [0.717, 1.165) is 36.4 Å². The molecule has 0 spiro atoms. The second-order valence-corrected chi connectivity index (χ2v) is 5.73. The minimum absolute atomic E-state index is 0.0280. The number of carbonyl (C=O) groups excluding carboxylic acids is 2. The van der Waals surface area contributed by atoms with Crippen molar-refractivity contribution < 1.29 is 27.2 Å². The van der Waals surface area contributed by atoms with E-state index >= 15 is 0 Å². The first-order valence-corrected chi connectivity index (χ1v) is 7.81. The van der Waals surface area contributed by atoms with E-state index in [9.17, 15) is 27.2 Å². The molecule has 0 aliphatic carbocycles. The maximum Gasteiger partial charge on any atom is 0.276 e. The zero-order valence-corrected chi connectivity index (χ0v) is 14.3. The van der Waals surface area contributed by atoms with Gasteiger partial charge in [0.05, 0.1) is 5.56 Å². The van der Waals surface area contributed by atoms with Gasteiger partial charge in [-0.25, -0.2) is 17.6 Å². The summed E-state index contributed by atoms with van der Waals surface area (Å²) in [5, 5.41) is 8.51. The van der Waals surface area contributed by atoms with Crippen LogP contribution in [-0.2, 0) is 7.05 Å². The van der Waals surface area contributed by atoms with Crippen molar-refractivity contribution in [2.24, 2.45) is 7.05 Å². The molecule has 2 amide bonds. The Morgan fingerprint density at radius 3 is 1.82 bits per heavy atom. The van der Waals surface area contributed by atoms with Crippen molar-refractivity contribution in [1.29, 1.82) is 0 Å². The number of carbonyl (C=O) groups is 2. The number of nitrogens with zero attached hydrogens (tertiary/aromatic N) is 2. The minimum Gasteiger partial charge on any atom is -0.322 e. The van der Waals surface area contributed by atoms with Gasteiger partial charge in [0.1, 0.15) is 0 Å². The molecule has 28 heavy (non-hydrogen) atoms. The Morgan fingerprint density at radius 1 is 0.821 bits per heavy atom. The fourth-order valence-electron chi connectivity index (χ4n) is 2.36. The van der Waals surface area contributed by atoms with Crippen LogP contribution in [0.1, 0.15) is 20.8 Å². The van der Waals surface area contributed by atoms with Crippen LogP contribution in [0.5, 0.6) is 0 Å². The molecular weight excluding hydrogens is 380 g/mol. The van der Waals surface area contributed by atoms with E-state index in [1.54, 1.807) is 0 Å². The molecule has 0 fully saturated rings. The lowest BCUT2D eigenvalue weighted by Crippen LogP contribution is -2.20. The fraction of sp³-hybridized carbons (Fsp3) is 0.0556. The summed E-state index contributed by atoms with van der Waals surface area (Å²) in [5.41, 5.74) is -0.527. The molecule has 0 unspecified atom stereocenters. The van der Waals surface area contributed by atoms with Crippen molar-refractivity contribution in [1.82, 2.24) is 9.78 Å². The fourth-order valence-corrected chi connectivity index (χ4v) is 2.36. The Bertz CT molecular complexity index is 998. The first kappa shape index (κ1) is 19.1. The molecule has 0 saturated carbocycles. The minimum atomic E-state index is -1.16. The summed E-state index contributed by atoms with van der Waals surface area (Å²) < 4.78 is 53.7. The number of aryl methyl sites for hydroxylation is 1. The number of anilines is 2. The van der Waals surface area contributed by atoms with Crippen molar-refractivity contribution in [3.05, 3.63) is 77.1 Å². The second-order valence-electron chi connectivity index (χ2n) is 5.73. The summed E-state index contributed by atoms with van der Waals surface area (Å²) in [7, 11) is 1.46. The Kier molecular flexibility index (Phi) is 5.12. The van der Waals surface area contributed by atoms with E-state index < -0.39 is 35.1 Å². The van der Waals surface area contributed by atoms with Gasteiger partial charge in [0.25, 0.3) is 11.8 Å². The van der Waals surface area contributed by atoms with E-state index in [-0.39, 0.29) is 22.6 Å². The molecule has 0 saturated heterocycles. The lowest BCUT2D eigenvalue weighted by atomic mass is 10.2. The predicted octanol–water partition coefficient (Wildman–Crippen LogP) is 3.48. The monoisotopic (exact) mass is 392 g/mol. The highest BCUT2D eigenvalue weighted by atomic mass is 19.2. The van der Waals surface area contributed by atoms with E-state index in [1.807, 2.05) is 0 Å². The lowest BCUT2D eigenvalue weighted by molar-refractivity contribution is 0.0988. The summed E-state index contributed by atoms with van der Waals surface area (Å²) in [6, 6.07) is 5.51. The number of benzene rings is 2. The zero-order valence-electron chi connectivity index (χ0n) is 14.3. The summed E-state index contributed by atoms with van der Waals surface area (Å²) in [6.45, 7) is 0. The molecule has 1 heterocycles. The average molecular weight is 392 g/mol. The second kappa shape index (κ2) is 7.51. The predicted molar refractivity (Wildman–Crippen MR) is 91.8 cm³/mol. The molecule has 0 atom stereocenters. The Hall–Kier alpha value is -3.69. The molecule has 1 aromatic heterocycles. The number of hydrogen-bond acceptors (Lipinski definition) is 3. The van der Waals surface area contributed by atoms with Crippen LogP contribution in [0, 0.1) is 23.3 Å². The van der Waals surface area contributed by atoms with Crippen molar-refractivity contribution in [2.45, 2.75) is 0 Å². The molecule has 144 valence electrons. The number of nitrogens with one attached hydrogen (secondary N) is 2. The van der Waals surface area contributed by atoms with Crippen LogP contribution in [0.15, 0.2) is 42.6 Å². The SMILES string of the molecule is Cn1cc(C(=O)Nc2ccc(F)c(F)c2)c(C(=O)Nc2ccc(F)c(F)c2)n1. The molecule has 0 aliphatic rings. The van der Waals surface area contributed by atoms with Gasteiger partial charge < -0.3 is 10.6 Å². The van der Waals surface area contributed by atoms with Crippen molar-refractivity contribution in [3.63, 3.8) is 0 Å². The Morgan fingerprint density at radius 2 is 1.32 bits per heavy atom. The number of rotatable bonds is 4. The van der Waals surface area contributed by atoms with Crippen molar-refractivity contribution in [3.8, 4) is 0 Å². The normalized spacial score (nSPS) is 10.6. The van der Waals surface area contributed by atoms with Gasteiger partial charge in [-0.3, -0.25) is 14.3 Å². The van der Waals surface area contributed by atoms with Crippen LogP contribution in [0.4, 0.5) is 28.9 Å². The lowest BCUT2D eigenvalue weighted by Gasteiger charge is -2.07. The third kappa shape index (κ3) is 4.00. The highest BCUT2D eigenvalue weighted by Gasteiger charge is 2.22. The van der Waals surface area contributed by atoms with Gasteiger partial charge in [0.2, 0.25) is 0 Å². The molecule has 6 nitrogen and oxygen atoms in total. The number of amides is 2. The van der Waals surface area contributed by atoms with Gasteiger partial charge in [0.15, 0.2) is 29.0 Å². The number of aromatic nitrogens is 2. The first-order valence-electron chi connectivity index (χ1n) is 7.81. The summed E-state index contributed by atoms with van der Waals surface area (Å²) in [6.07, 6.45) is 1.25. The number of halogens is 4. The van der Waals surface area contributed by atoms with Gasteiger partial charge in [-0.2, -0.15) is 5.10 Å². The molecule has 0 bridgehead atoms. The maximum atomic E-state index is 13.3. The van der Waals surface area contributed by atoms with Crippen LogP contribution in [0.25, 0.3) is 0 Å². The van der Waals surface area contributed by atoms with Gasteiger partial charge in [-0.15, -0.1) is 0 Å². The molecule has 10 heteroatoms. The van der Waals surface area contributed by atoms with Crippen LogP contribution in [-0.4, -0.2) is 21.6 Å². The summed E-state index contributed by atoms with van der Waals surface area (Å²) >= 11 is 0. The number of hydrogen-bond donors (Lipinski definition) is 2. The van der Waals surface area contributed by atoms with Gasteiger partial charge in [-0.1, -0.05) is 0 Å². The molecule has 3 aromatic rings. The van der Waals surface area contributed by atoms with E-state index in [0.29, 0.717) is 0 Å². The van der Waals surface area contributed by atoms with Crippen LogP contribution in [0.3, 0.4) is 0 Å². The quantitative estimate of drug-likeness (QED) is 0.668. The largest absolute Gasteiger partial charge is 0.322 e. The standard InChI is InChI=1S/C18H12F4N4O2/c1-26-8-11(17(27)23-9-2-4-12(19)14(21)6-9)16(25-26)18(28)24-10-3-5-13(20)15(22)7-10/h2-8H,1H3,(H,23,27)(H,24,28). The van der Waals surface area contributed by atoms with Crippen LogP contribution in [0.2, 0.25) is 0 Å².